The lowest BCUT2D eigenvalue weighted by molar-refractivity contribution is 0.562. The molecule has 0 spiro atoms. The monoisotopic (exact) mass is 269 g/mol. The van der Waals surface area contributed by atoms with Gasteiger partial charge >= 0.3 is 0 Å². The topological polar surface area (TPSA) is 30.7 Å². The molecule has 0 saturated carbocycles. The number of rotatable bonds is 2. The van der Waals surface area contributed by atoms with Crippen LogP contribution in [0.4, 0.5) is 4.39 Å². The van der Waals surface area contributed by atoms with Crippen molar-refractivity contribution in [3.63, 3.8) is 0 Å². The third-order valence-electron chi connectivity index (χ3n) is 3.55. The fourth-order valence-corrected chi connectivity index (χ4v) is 2.34. The quantitative estimate of drug-likeness (QED) is 0.706. The highest BCUT2D eigenvalue weighted by Gasteiger charge is 2.10. The Bertz CT molecular complexity index is 774. The molecule has 3 aromatic rings. The number of hydrogen-bond donors (Lipinski definition) is 0. The molecular formula is C16H16FN3. The Kier molecular flexibility index (Phi) is 3.01. The summed E-state index contributed by atoms with van der Waals surface area (Å²) in [6.45, 7) is 4.30. The lowest BCUT2D eigenvalue weighted by Crippen LogP contribution is -1.92. The fourth-order valence-electron chi connectivity index (χ4n) is 2.34. The number of fused-ring (bicyclic) bond motifs is 1. The van der Waals surface area contributed by atoms with E-state index in [0.717, 1.165) is 16.8 Å². The van der Waals surface area contributed by atoms with Crippen LogP contribution in [-0.4, -0.2) is 14.8 Å². The molecule has 0 fully saturated rings. The summed E-state index contributed by atoms with van der Waals surface area (Å²) in [5.74, 6) is 0.0209. The van der Waals surface area contributed by atoms with Gasteiger partial charge in [0.15, 0.2) is 0 Å². The molecule has 3 rings (SSSR count). The van der Waals surface area contributed by atoms with Gasteiger partial charge in [0.2, 0.25) is 5.95 Å². The van der Waals surface area contributed by atoms with Gasteiger partial charge in [0.1, 0.15) is 0 Å². The SMILES string of the molecule is CC(C)c1ccnc(-c2ccc3c(F)nn(C)c3c2)c1. The second-order valence-corrected chi connectivity index (χ2v) is 5.28. The first-order valence-electron chi connectivity index (χ1n) is 6.65. The zero-order chi connectivity index (χ0) is 14.3. The first-order valence-corrected chi connectivity index (χ1v) is 6.65. The number of nitrogens with zero attached hydrogens (tertiary/aromatic N) is 3. The van der Waals surface area contributed by atoms with Crippen LogP contribution in [0.2, 0.25) is 0 Å². The van der Waals surface area contributed by atoms with Gasteiger partial charge in [-0.2, -0.15) is 4.39 Å². The van der Waals surface area contributed by atoms with Crippen LogP contribution < -0.4 is 0 Å². The van der Waals surface area contributed by atoms with E-state index in [1.54, 1.807) is 17.8 Å². The van der Waals surface area contributed by atoms with Crippen molar-refractivity contribution in [3.8, 4) is 11.3 Å². The summed E-state index contributed by atoms with van der Waals surface area (Å²) in [6, 6.07) is 9.68. The number of aryl methyl sites for hydroxylation is 1. The number of benzene rings is 1. The Morgan fingerprint density at radius 3 is 2.70 bits per heavy atom. The standard InChI is InChI=1S/C16H16FN3/c1-10(2)11-6-7-18-14(8-11)12-4-5-13-15(9-12)20(3)19-16(13)17/h4-10H,1-3H3. The summed E-state index contributed by atoms with van der Waals surface area (Å²) < 4.78 is 15.1. The maximum atomic E-state index is 13.6. The van der Waals surface area contributed by atoms with E-state index in [-0.39, 0.29) is 0 Å². The summed E-state index contributed by atoms with van der Waals surface area (Å²) in [5.41, 5.74) is 3.89. The van der Waals surface area contributed by atoms with Gasteiger partial charge in [-0.25, -0.2) is 0 Å². The lowest BCUT2D eigenvalue weighted by Gasteiger charge is -2.07. The molecule has 0 aliphatic carbocycles. The van der Waals surface area contributed by atoms with E-state index in [9.17, 15) is 4.39 Å². The van der Waals surface area contributed by atoms with Gasteiger partial charge in [0.25, 0.3) is 0 Å². The Morgan fingerprint density at radius 2 is 1.95 bits per heavy atom. The van der Waals surface area contributed by atoms with Crippen LogP contribution in [0.3, 0.4) is 0 Å². The molecule has 4 heteroatoms. The Labute approximate surface area is 117 Å². The normalized spacial score (nSPS) is 11.4. The fraction of sp³-hybridized carbons (Fsp3) is 0.250. The first-order chi connectivity index (χ1) is 9.56. The van der Waals surface area contributed by atoms with Crippen molar-refractivity contribution in [1.82, 2.24) is 14.8 Å². The number of halogens is 1. The van der Waals surface area contributed by atoms with Gasteiger partial charge in [0.05, 0.1) is 16.6 Å². The Balaban J connectivity index is 2.14. The maximum absolute atomic E-state index is 13.6. The predicted molar refractivity (Wildman–Crippen MR) is 78.0 cm³/mol. The van der Waals surface area contributed by atoms with Gasteiger partial charge in [-0.05, 0) is 35.7 Å². The molecule has 2 aromatic heterocycles. The van der Waals surface area contributed by atoms with E-state index in [1.807, 2.05) is 24.4 Å². The minimum absolute atomic E-state index is 0.432. The molecule has 0 aliphatic heterocycles. The number of aromatic nitrogens is 3. The van der Waals surface area contributed by atoms with Gasteiger partial charge in [-0.3, -0.25) is 9.67 Å². The van der Waals surface area contributed by atoms with Crippen molar-refractivity contribution in [2.24, 2.45) is 7.05 Å². The molecule has 3 nitrogen and oxygen atoms in total. The predicted octanol–water partition coefficient (Wildman–Crippen LogP) is 3.90. The van der Waals surface area contributed by atoms with Crippen LogP contribution in [0.25, 0.3) is 22.2 Å². The van der Waals surface area contributed by atoms with Gasteiger partial charge < -0.3 is 0 Å². The van der Waals surface area contributed by atoms with Crippen molar-refractivity contribution in [2.75, 3.05) is 0 Å². The summed E-state index contributed by atoms with van der Waals surface area (Å²) >= 11 is 0. The molecule has 0 amide bonds. The molecule has 0 atom stereocenters. The van der Waals surface area contributed by atoms with E-state index in [2.05, 4.69) is 30.0 Å². The second kappa shape index (κ2) is 4.71. The molecule has 102 valence electrons. The van der Waals surface area contributed by atoms with E-state index < -0.39 is 5.95 Å². The number of hydrogen-bond acceptors (Lipinski definition) is 2. The minimum Gasteiger partial charge on any atom is -0.265 e. The zero-order valence-electron chi connectivity index (χ0n) is 11.8. The molecule has 0 unspecified atom stereocenters. The maximum Gasteiger partial charge on any atom is 0.240 e. The largest absolute Gasteiger partial charge is 0.265 e. The molecule has 2 heterocycles. The Hall–Kier alpha value is -2.23. The van der Waals surface area contributed by atoms with Crippen LogP contribution in [0.5, 0.6) is 0 Å². The van der Waals surface area contributed by atoms with E-state index in [1.165, 1.54) is 5.56 Å². The molecule has 20 heavy (non-hydrogen) atoms. The zero-order valence-corrected chi connectivity index (χ0v) is 11.8. The third-order valence-corrected chi connectivity index (χ3v) is 3.55. The van der Waals surface area contributed by atoms with E-state index in [4.69, 9.17) is 0 Å². The average Bonchev–Trinajstić information content (AvgIpc) is 2.74. The van der Waals surface area contributed by atoms with Crippen molar-refractivity contribution in [2.45, 2.75) is 19.8 Å². The van der Waals surface area contributed by atoms with Crippen LogP contribution in [0.1, 0.15) is 25.3 Å². The summed E-state index contributed by atoms with van der Waals surface area (Å²) in [4.78, 5) is 4.41. The summed E-state index contributed by atoms with van der Waals surface area (Å²) in [6.07, 6.45) is 1.82. The highest BCUT2D eigenvalue weighted by atomic mass is 19.1. The molecule has 0 aliphatic rings. The van der Waals surface area contributed by atoms with Crippen LogP contribution in [0.15, 0.2) is 36.5 Å². The highest BCUT2D eigenvalue weighted by Crippen LogP contribution is 2.26. The van der Waals surface area contributed by atoms with E-state index in [0.29, 0.717) is 11.3 Å². The molecule has 0 saturated heterocycles. The first kappa shape index (κ1) is 12.8. The Morgan fingerprint density at radius 1 is 1.15 bits per heavy atom. The molecule has 0 bridgehead atoms. The minimum atomic E-state index is -0.432. The lowest BCUT2D eigenvalue weighted by atomic mass is 10.0. The highest BCUT2D eigenvalue weighted by molar-refractivity contribution is 5.84. The van der Waals surface area contributed by atoms with E-state index >= 15 is 0 Å². The second-order valence-electron chi connectivity index (χ2n) is 5.28. The van der Waals surface area contributed by atoms with Crippen LogP contribution in [-0.2, 0) is 7.05 Å². The van der Waals surface area contributed by atoms with Crippen molar-refractivity contribution >= 4 is 10.9 Å². The molecule has 1 aromatic carbocycles. The van der Waals surface area contributed by atoms with Crippen molar-refractivity contribution in [3.05, 3.63) is 48.0 Å². The van der Waals surface area contributed by atoms with Gasteiger partial charge in [-0.15, -0.1) is 5.10 Å². The molecule has 0 radical (unpaired) electrons. The van der Waals surface area contributed by atoms with Gasteiger partial charge in [-0.1, -0.05) is 19.9 Å². The molecular weight excluding hydrogens is 253 g/mol. The van der Waals surface area contributed by atoms with Crippen molar-refractivity contribution < 1.29 is 4.39 Å². The average molecular weight is 269 g/mol. The van der Waals surface area contributed by atoms with Crippen LogP contribution in [0, 0.1) is 5.95 Å². The smallest absolute Gasteiger partial charge is 0.240 e. The van der Waals surface area contributed by atoms with Crippen LogP contribution >= 0.6 is 0 Å². The number of pyridine rings is 1. The van der Waals surface area contributed by atoms with Crippen molar-refractivity contribution in [1.29, 1.82) is 0 Å². The van der Waals surface area contributed by atoms with Gasteiger partial charge in [0, 0.05) is 18.8 Å². The summed E-state index contributed by atoms with van der Waals surface area (Å²) in [5, 5.41) is 4.34. The summed E-state index contributed by atoms with van der Waals surface area (Å²) in [7, 11) is 1.74. The molecule has 0 N–H and O–H groups in total. The third kappa shape index (κ3) is 2.07.